The molecule has 3 nitrogen and oxygen atoms in total. The number of esters is 1. The molecule has 1 saturated carbocycles. The summed E-state index contributed by atoms with van der Waals surface area (Å²) >= 11 is 0. The molecule has 0 aliphatic heterocycles. The quantitative estimate of drug-likeness (QED) is 0.442. The van der Waals surface area contributed by atoms with Crippen molar-refractivity contribution in [1.82, 2.24) is 0 Å². The van der Waals surface area contributed by atoms with Gasteiger partial charge in [0.05, 0.1) is 7.11 Å². The van der Waals surface area contributed by atoms with Crippen molar-refractivity contribution in [2.45, 2.75) is 25.2 Å². The molecule has 0 heterocycles. The number of ketones is 1. The van der Waals surface area contributed by atoms with Gasteiger partial charge in [0.2, 0.25) is 0 Å². The molecule has 0 atom stereocenters. The molecule has 1 aliphatic carbocycles. The van der Waals surface area contributed by atoms with E-state index in [1.807, 2.05) is 18.2 Å². The van der Waals surface area contributed by atoms with Crippen LogP contribution in [0.2, 0.25) is 0 Å². The maximum Gasteiger partial charge on any atom is 0.313 e. The van der Waals surface area contributed by atoms with Crippen molar-refractivity contribution in [3.05, 3.63) is 35.4 Å². The van der Waals surface area contributed by atoms with Crippen LogP contribution in [-0.4, -0.2) is 18.9 Å². The summed E-state index contributed by atoms with van der Waals surface area (Å²) in [5.41, 5.74) is 1.81. The summed E-state index contributed by atoms with van der Waals surface area (Å²) in [7, 11) is 1.29. The smallest absolute Gasteiger partial charge is 0.313 e. The lowest BCUT2D eigenvalue weighted by Crippen LogP contribution is -2.09. The van der Waals surface area contributed by atoms with Crippen LogP contribution >= 0.6 is 0 Å². The van der Waals surface area contributed by atoms with Crippen LogP contribution in [0.1, 0.15) is 41.1 Å². The van der Waals surface area contributed by atoms with Crippen molar-refractivity contribution >= 4 is 11.8 Å². The third-order valence-corrected chi connectivity index (χ3v) is 2.79. The second-order valence-corrected chi connectivity index (χ2v) is 4.08. The van der Waals surface area contributed by atoms with Crippen LogP contribution in [0, 0.1) is 0 Å². The highest BCUT2D eigenvalue weighted by atomic mass is 16.5. The molecule has 0 saturated heterocycles. The van der Waals surface area contributed by atoms with Crippen molar-refractivity contribution in [2.75, 3.05) is 7.11 Å². The molecule has 0 bridgehead atoms. The Labute approximate surface area is 94.4 Å². The monoisotopic (exact) mass is 218 g/mol. The molecule has 84 valence electrons. The Balaban J connectivity index is 2.10. The fraction of sp³-hybridized carbons (Fsp3) is 0.385. The van der Waals surface area contributed by atoms with Gasteiger partial charge in [-0.25, -0.2) is 0 Å². The van der Waals surface area contributed by atoms with Crippen LogP contribution in [-0.2, 0) is 9.53 Å². The molecule has 16 heavy (non-hydrogen) atoms. The molecular formula is C13H14O3. The summed E-state index contributed by atoms with van der Waals surface area (Å²) in [6, 6.07) is 7.55. The third-order valence-electron chi connectivity index (χ3n) is 2.79. The first kappa shape index (κ1) is 10.9. The van der Waals surface area contributed by atoms with E-state index in [9.17, 15) is 9.59 Å². The molecule has 0 amide bonds. The van der Waals surface area contributed by atoms with Gasteiger partial charge in [-0.05, 0) is 30.4 Å². The number of benzene rings is 1. The molecule has 0 radical (unpaired) electrons. The molecular weight excluding hydrogens is 204 g/mol. The lowest BCUT2D eigenvalue weighted by atomic mass is 10.0. The van der Waals surface area contributed by atoms with Crippen LogP contribution in [0.4, 0.5) is 0 Å². The van der Waals surface area contributed by atoms with E-state index in [0.29, 0.717) is 11.5 Å². The van der Waals surface area contributed by atoms with E-state index in [2.05, 4.69) is 4.74 Å². The summed E-state index contributed by atoms with van der Waals surface area (Å²) in [5.74, 6) is -0.0398. The molecule has 1 aliphatic rings. The van der Waals surface area contributed by atoms with Crippen LogP contribution in [0.3, 0.4) is 0 Å². The van der Waals surface area contributed by atoms with E-state index in [1.54, 1.807) is 6.07 Å². The first-order valence-electron chi connectivity index (χ1n) is 5.40. The molecule has 0 N–H and O–H groups in total. The van der Waals surface area contributed by atoms with Crippen molar-refractivity contribution < 1.29 is 14.3 Å². The fourth-order valence-corrected chi connectivity index (χ4v) is 1.69. The van der Waals surface area contributed by atoms with E-state index < -0.39 is 5.97 Å². The van der Waals surface area contributed by atoms with E-state index in [-0.39, 0.29) is 12.2 Å². The molecule has 0 unspecified atom stereocenters. The zero-order valence-corrected chi connectivity index (χ0v) is 9.23. The Morgan fingerprint density at radius 3 is 2.75 bits per heavy atom. The minimum Gasteiger partial charge on any atom is -0.469 e. The number of carbonyl (C=O) groups is 2. The zero-order valence-electron chi connectivity index (χ0n) is 9.23. The average molecular weight is 218 g/mol. The number of ether oxygens (including phenoxy) is 1. The van der Waals surface area contributed by atoms with Gasteiger partial charge in [0.15, 0.2) is 5.78 Å². The Morgan fingerprint density at radius 1 is 1.38 bits per heavy atom. The number of carbonyl (C=O) groups excluding carboxylic acids is 2. The lowest BCUT2D eigenvalue weighted by molar-refractivity contribution is -0.139. The maximum absolute atomic E-state index is 11.7. The molecule has 1 aromatic rings. The molecule has 3 heteroatoms. The Bertz CT molecular complexity index is 419. The van der Waals surface area contributed by atoms with Gasteiger partial charge in [-0.3, -0.25) is 9.59 Å². The number of hydrogen-bond donors (Lipinski definition) is 0. The predicted octanol–water partition coefficient (Wildman–Crippen LogP) is 2.31. The van der Waals surface area contributed by atoms with E-state index in [0.717, 1.165) is 0 Å². The molecule has 0 spiro atoms. The second-order valence-electron chi connectivity index (χ2n) is 4.08. The lowest BCUT2D eigenvalue weighted by Gasteiger charge is -2.03. The topological polar surface area (TPSA) is 43.4 Å². The van der Waals surface area contributed by atoms with Gasteiger partial charge >= 0.3 is 5.97 Å². The van der Waals surface area contributed by atoms with Gasteiger partial charge in [-0.1, -0.05) is 18.2 Å². The van der Waals surface area contributed by atoms with Crippen LogP contribution in [0.15, 0.2) is 24.3 Å². The zero-order chi connectivity index (χ0) is 11.5. The van der Waals surface area contributed by atoms with Crippen LogP contribution in [0.25, 0.3) is 0 Å². The predicted molar refractivity (Wildman–Crippen MR) is 59.4 cm³/mol. The van der Waals surface area contributed by atoms with E-state index >= 15 is 0 Å². The van der Waals surface area contributed by atoms with E-state index in [4.69, 9.17) is 0 Å². The van der Waals surface area contributed by atoms with Crippen molar-refractivity contribution in [3.63, 3.8) is 0 Å². The Morgan fingerprint density at radius 2 is 2.12 bits per heavy atom. The number of Topliss-reactive ketones (excluding diaryl/α,β-unsaturated/α-hetero) is 1. The summed E-state index contributed by atoms with van der Waals surface area (Å²) in [6.07, 6.45) is 2.23. The molecule has 0 aromatic heterocycles. The van der Waals surface area contributed by atoms with Crippen molar-refractivity contribution in [3.8, 4) is 0 Å². The average Bonchev–Trinajstić information content (AvgIpc) is 3.13. The number of rotatable bonds is 4. The van der Waals surface area contributed by atoms with Gasteiger partial charge in [0.1, 0.15) is 6.42 Å². The highest BCUT2D eigenvalue weighted by molar-refractivity contribution is 6.06. The molecule has 1 fully saturated rings. The Hall–Kier alpha value is -1.64. The van der Waals surface area contributed by atoms with Crippen LogP contribution in [0.5, 0.6) is 0 Å². The SMILES string of the molecule is COC(=O)CC(=O)c1cccc(C2CC2)c1. The highest BCUT2D eigenvalue weighted by Gasteiger charge is 2.24. The van der Waals surface area contributed by atoms with Gasteiger partial charge in [-0.2, -0.15) is 0 Å². The highest BCUT2D eigenvalue weighted by Crippen LogP contribution is 2.40. The second kappa shape index (κ2) is 4.47. The van der Waals surface area contributed by atoms with Gasteiger partial charge in [0.25, 0.3) is 0 Å². The summed E-state index contributed by atoms with van der Waals surface area (Å²) in [5, 5.41) is 0. The van der Waals surface area contributed by atoms with Gasteiger partial charge in [-0.15, -0.1) is 0 Å². The summed E-state index contributed by atoms with van der Waals surface area (Å²) in [6.45, 7) is 0. The largest absolute Gasteiger partial charge is 0.469 e. The van der Waals surface area contributed by atoms with Gasteiger partial charge < -0.3 is 4.74 Å². The van der Waals surface area contributed by atoms with Crippen molar-refractivity contribution in [1.29, 1.82) is 0 Å². The Kier molecular flexibility index (Phi) is 3.04. The third kappa shape index (κ3) is 2.48. The normalized spacial score (nSPS) is 14.6. The maximum atomic E-state index is 11.7. The number of hydrogen-bond acceptors (Lipinski definition) is 3. The van der Waals surface area contributed by atoms with Gasteiger partial charge in [0, 0.05) is 5.56 Å². The van der Waals surface area contributed by atoms with Crippen molar-refractivity contribution in [2.24, 2.45) is 0 Å². The first-order chi connectivity index (χ1) is 7.70. The summed E-state index contributed by atoms with van der Waals surface area (Å²) < 4.78 is 4.47. The van der Waals surface area contributed by atoms with Crippen LogP contribution < -0.4 is 0 Å². The first-order valence-corrected chi connectivity index (χ1v) is 5.40. The minimum absolute atomic E-state index is 0.172. The standard InChI is InChI=1S/C13H14O3/c1-16-13(15)8-12(14)11-4-2-3-10(7-11)9-5-6-9/h2-4,7,9H,5-6,8H2,1H3. The molecule has 2 rings (SSSR count). The molecule has 1 aromatic carbocycles. The summed E-state index contributed by atoms with van der Waals surface area (Å²) in [4.78, 5) is 22.7. The number of methoxy groups -OCH3 is 1. The van der Waals surface area contributed by atoms with E-state index in [1.165, 1.54) is 25.5 Å². The fourth-order valence-electron chi connectivity index (χ4n) is 1.69. The minimum atomic E-state index is -0.484.